The van der Waals surface area contributed by atoms with Gasteiger partial charge in [-0.05, 0) is 31.5 Å². The molecular formula is C13H18O. The van der Waals surface area contributed by atoms with E-state index in [1.165, 1.54) is 17.4 Å². The van der Waals surface area contributed by atoms with E-state index >= 15 is 0 Å². The number of furan rings is 1. The lowest BCUT2D eigenvalue weighted by Gasteiger charge is -1.89. The van der Waals surface area contributed by atoms with E-state index in [0.717, 1.165) is 11.3 Å². The lowest BCUT2D eigenvalue weighted by Crippen LogP contribution is -1.67. The van der Waals surface area contributed by atoms with Gasteiger partial charge in [0.1, 0.15) is 11.3 Å². The van der Waals surface area contributed by atoms with Crippen LogP contribution in [0.1, 0.15) is 31.6 Å². The Labute approximate surface area is 85.7 Å². The third-order valence-electron chi connectivity index (χ3n) is 1.80. The van der Waals surface area contributed by atoms with Crippen LogP contribution in [0.5, 0.6) is 0 Å². The van der Waals surface area contributed by atoms with Crippen LogP contribution in [0.4, 0.5) is 0 Å². The van der Waals surface area contributed by atoms with E-state index in [-0.39, 0.29) is 0 Å². The highest BCUT2D eigenvalue weighted by atomic mass is 16.3. The minimum atomic E-state index is 0.977. The van der Waals surface area contributed by atoms with Crippen LogP contribution in [0.25, 0.3) is 11.0 Å². The highest BCUT2D eigenvalue weighted by molar-refractivity contribution is 5.78. The zero-order valence-electron chi connectivity index (χ0n) is 9.42. The van der Waals surface area contributed by atoms with E-state index in [1.807, 2.05) is 6.92 Å². The van der Waals surface area contributed by atoms with Crippen LogP contribution in [-0.2, 0) is 0 Å². The van der Waals surface area contributed by atoms with E-state index in [1.54, 1.807) is 0 Å². The molecule has 0 bridgehead atoms. The van der Waals surface area contributed by atoms with Crippen molar-refractivity contribution < 1.29 is 4.42 Å². The third kappa shape index (κ3) is 2.63. The van der Waals surface area contributed by atoms with E-state index in [9.17, 15) is 0 Å². The van der Waals surface area contributed by atoms with Gasteiger partial charge in [0.15, 0.2) is 0 Å². The Balaban J connectivity index is 0.000000293. The second kappa shape index (κ2) is 4.85. The van der Waals surface area contributed by atoms with Gasteiger partial charge < -0.3 is 4.42 Å². The van der Waals surface area contributed by atoms with Crippen molar-refractivity contribution in [1.82, 2.24) is 0 Å². The van der Waals surface area contributed by atoms with Gasteiger partial charge in [0.25, 0.3) is 0 Å². The molecule has 0 aliphatic heterocycles. The SMILES string of the molecule is CCC.Cc1ccc2cc(C)oc2c1. The standard InChI is InChI=1S/C10H10O.C3H8/c1-7-3-4-9-6-8(2)11-10(9)5-7;1-3-2/h3-6H,1-2H3;3H2,1-2H3. The molecule has 0 unspecified atom stereocenters. The minimum absolute atomic E-state index is 0.977. The second-order valence-electron chi connectivity index (χ2n) is 3.61. The Morgan fingerprint density at radius 2 is 1.71 bits per heavy atom. The summed E-state index contributed by atoms with van der Waals surface area (Å²) in [6.07, 6.45) is 1.25. The van der Waals surface area contributed by atoms with Crippen molar-refractivity contribution in [3.05, 3.63) is 35.6 Å². The zero-order valence-corrected chi connectivity index (χ0v) is 9.42. The van der Waals surface area contributed by atoms with Crippen LogP contribution in [0, 0.1) is 13.8 Å². The van der Waals surface area contributed by atoms with E-state index in [2.05, 4.69) is 45.0 Å². The van der Waals surface area contributed by atoms with Gasteiger partial charge in [-0.1, -0.05) is 32.4 Å². The molecule has 0 amide bonds. The Bertz CT molecular complexity index is 399. The molecule has 1 heterocycles. The average Bonchev–Trinajstić information content (AvgIpc) is 2.45. The fourth-order valence-electron chi connectivity index (χ4n) is 1.27. The summed E-state index contributed by atoms with van der Waals surface area (Å²) in [5, 5.41) is 1.19. The number of hydrogen-bond acceptors (Lipinski definition) is 1. The molecule has 0 saturated carbocycles. The van der Waals surface area contributed by atoms with Crippen molar-refractivity contribution in [2.24, 2.45) is 0 Å². The quantitative estimate of drug-likeness (QED) is 0.597. The van der Waals surface area contributed by atoms with Gasteiger partial charge in [-0.3, -0.25) is 0 Å². The van der Waals surface area contributed by atoms with E-state index in [0.29, 0.717) is 0 Å². The van der Waals surface area contributed by atoms with Gasteiger partial charge >= 0.3 is 0 Å². The number of hydrogen-bond donors (Lipinski definition) is 0. The Kier molecular flexibility index (Phi) is 3.75. The van der Waals surface area contributed by atoms with Crippen molar-refractivity contribution >= 4 is 11.0 Å². The molecule has 76 valence electrons. The highest BCUT2D eigenvalue weighted by Crippen LogP contribution is 2.19. The molecule has 2 rings (SSSR count). The first-order valence-electron chi connectivity index (χ1n) is 5.14. The van der Waals surface area contributed by atoms with Crippen molar-refractivity contribution in [2.75, 3.05) is 0 Å². The van der Waals surface area contributed by atoms with E-state index in [4.69, 9.17) is 4.42 Å². The molecule has 0 atom stereocenters. The molecule has 0 radical (unpaired) electrons. The highest BCUT2D eigenvalue weighted by Gasteiger charge is 1.98. The molecule has 1 aromatic carbocycles. The first kappa shape index (κ1) is 10.8. The average molecular weight is 190 g/mol. The molecule has 0 N–H and O–H groups in total. The maximum atomic E-state index is 5.45. The predicted molar refractivity (Wildman–Crippen MR) is 61.7 cm³/mol. The van der Waals surface area contributed by atoms with Crippen LogP contribution >= 0.6 is 0 Å². The third-order valence-corrected chi connectivity index (χ3v) is 1.80. The van der Waals surface area contributed by atoms with Crippen molar-refractivity contribution in [1.29, 1.82) is 0 Å². The normalized spacial score (nSPS) is 9.71. The lowest BCUT2D eigenvalue weighted by molar-refractivity contribution is 0.578. The number of rotatable bonds is 0. The molecule has 1 aromatic heterocycles. The topological polar surface area (TPSA) is 13.1 Å². The summed E-state index contributed by atoms with van der Waals surface area (Å²) in [5.41, 5.74) is 2.23. The van der Waals surface area contributed by atoms with Crippen LogP contribution in [0.3, 0.4) is 0 Å². The first-order valence-corrected chi connectivity index (χ1v) is 5.14. The van der Waals surface area contributed by atoms with Gasteiger partial charge in [0.05, 0.1) is 0 Å². The summed E-state index contributed by atoms with van der Waals surface area (Å²) < 4.78 is 5.45. The fourth-order valence-corrected chi connectivity index (χ4v) is 1.27. The molecule has 0 aliphatic rings. The van der Waals surface area contributed by atoms with Gasteiger partial charge in [0.2, 0.25) is 0 Å². The summed E-state index contributed by atoms with van der Waals surface area (Å²) in [4.78, 5) is 0. The molecule has 14 heavy (non-hydrogen) atoms. The van der Waals surface area contributed by atoms with E-state index < -0.39 is 0 Å². The molecule has 0 aliphatic carbocycles. The maximum Gasteiger partial charge on any atom is 0.134 e. The van der Waals surface area contributed by atoms with Gasteiger partial charge in [0, 0.05) is 5.39 Å². The lowest BCUT2D eigenvalue weighted by atomic mass is 10.2. The van der Waals surface area contributed by atoms with Crippen LogP contribution in [-0.4, -0.2) is 0 Å². The van der Waals surface area contributed by atoms with Crippen molar-refractivity contribution in [3.8, 4) is 0 Å². The first-order chi connectivity index (χ1) is 6.67. The Morgan fingerprint density at radius 1 is 1.07 bits per heavy atom. The summed E-state index contributed by atoms with van der Waals surface area (Å²) >= 11 is 0. The minimum Gasteiger partial charge on any atom is -0.461 e. The fraction of sp³-hybridized carbons (Fsp3) is 0.385. The molecular weight excluding hydrogens is 172 g/mol. The molecule has 0 spiro atoms. The van der Waals surface area contributed by atoms with Gasteiger partial charge in [-0.2, -0.15) is 0 Å². The Hall–Kier alpha value is -1.24. The molecule has 0 fully saturated rings. The Morgan fingerprint density at radius 3 is 2.36 bits per heavy atom. The number of fused-ring (bicyclic) bond motifs is 1. The van der Waals surface area contributed by atoms with Crippen molar-refractivity contribution in [2.45, 2.75) is 34.1 Å². The molecule has 2 aromatic rings. The summed E-state index contributed by atoms with van der Waals surface area (Å²) in [5.74, 6) is 0.977. The van der Waals surface area contributed by atoms with Gasteiger partial charge in [-0.15, -0.1) is 0 Å². The summed E-state index contributed by atoms with van der Waals surface area (Å²) in [6.45, 7) is 8.28. The predicted octanol–water partition coefficient (Wildman–Crippen LogP) is 4.47. The second-order valence-corrected chi connectivity index (χ2v) is 3.61. The number of benzene rings is 1. The molecule has 1 nitrogen and oxygen atoms in total. The smallest absolute Gasteiger partial charge is 0.134 e. The van der Waals surface area contributed by atoms with Crippen LogP contribution < -0.4 is 0 Å². The maximum absolute atomic E-state index is 5.45. The largest absolute Gasteiger partial charge is 0.461 e. The van der Waals surface area contributed by atoms with Crippen LogP contribution in [0.15, 0.2) is 28.7 Å². The van der Waals surface area contributed by atoms with Crippen molar-refractivity contribution in [3.63, 3.8) is 0 Å². The monoisotopic (exact) mass is 190 g/mol. The van der Waals surface area contributed by atoms with Gasteiger partial charge in [-0.25, -0.2) is 0 Å². The molecule has 0 saturated heterocycles. The summed E-state index contributed by atoms with van der Waals surface area (Å²) in [7, 11) is 0. The zero-order chi connectivity index (χ0) is 10.6. The summed E-state index contributed by atoms with van der Waals surface area (Å²) in [6, 6.07) is 8.29. The number of aryl methyl sites for hydroxylation is 2. The molecule has 1 heteroatoms. The van der Waals surface area contributed by atoms with Crippen LogP contribution in [0.2, 0.25) is 0 Å².